The van der Waals surface area contributed by atoms with Crippen LogP contribution in [0.25, 0.3) is 0 Å². The molecule has 2 aliphatic rings. The normalized spacial score (nSPS) is 20.5. The average molecular weight is 385 g/mol. The van der Waals surface area contributed by atoms with Crippen LogP contribution in [0, 0.1) is 0 Å². The van der Waals surface area contributed by atoms with E-state index in [4.69, 9.17) is 0 Å². The molecule has 8 heteroatoms. The summed E-state index contributed by atoms with van der Waals surface area (Å²) in [5.41, 5.74) is 1.83. The van der Waals surface area contributed by atoms with Crippen LogP contribution in [0.5, 0.6) is 0 Å². The number of carbonyl (C=O) groups excluding carboxylic acids is 2. The highest BCUT2D eigenvalue weighted by Gasteiger charge is 2.33. The molecule has 0 aromatic heterocycles. The monoisotopic (exact) mass is 385 g/mol. The fraction of sp³-hybridized carbons (Fsp3) is 0.263. The Labute approximate surface area is 157 Å². The minimum absolute atomic E-state index is 0.103. The molecule has 0 radical (unpaired) electrons. The maximum Gasteiger partial charge on any atom is 0.243 e. The first kappa shape index (κ1) is 17.7. The molecule has 2 aliphatic heterocycles. The van der Waals surface area contributed by atoms with Gasteiger partial charge in [0.25, 0.3) is 0 Å². The minimum atomic E-state index is -3.69. The fourth-order valence-corrected chi connectivity index (χ4v) is 5.05. The Morgan fingerprint density at radius 2 is 1.63 bits per heavy atom. The van der Waals surface area contributed by atoms with Gasteiger partial charge in [0.05, 0.1) is 16.3 Å². The highest BCUT2D eigenvalue weighted by atomic mass is 32.2. The Hall–Kier alpha value is -2.71. The summed E-state index contributed by atoms with van der Waals surface area (Å²) in [5.74, 6) is -0.723. The van der Waals surface area contributed by atoms with Crippen LogP contribution in [0.3, 0.4) is 0 Å². The minimum Gasteiger partial charge on any atom is -0.324 e. The Balaban J connectivity index is 1.60. The zero-order valence-electron chi connectivity index (χ0n) is 14.5. The molecule has 0 saturated carbocycles. The molecule has 0 bridgehead atoms. The van der Waals surface area contributed by atoms with Crippen molar-refractivity contribution in [1.82, 2.24) is 4.31 Å². The highest BCUT2D eigenvalue weighted by molar-refractivity contribution is 7.89. The van der Waals surface area contributed by atoms with Crippen LogP contribution in [0.4, 0.5) is 11.4 Å². The molecule has 1 fully saturated rings. The van der Waals surface area contributed by atoms with Gasteiger partial charge in [-0.25, -0.2) is 8.42 Å². The number of benzene rings is 2. The van der Waals surface area contributed by atoms with Gasteiger partial charge in [-0.3, -0.25) is 9.59 Å². The summed E-state index contributed by atoms with van der Waals surface area (Å²) in [6.07, 6.45) is 0.475. The zero-order chi connectivity index (χ0) is 19.0. The molecular weight excluding hydrogens is 366 g/mol. The number of anilines is 2. The first-order valence-electron chi connectivity index (χ1n) is 8.72. The standard InChI is InChI=1S/C19H19N3O4S/c23-18-11-19(24)21-17-10-15(6-7-16(17)20-18)27(25,26)22-9-8-14(12-22)13-4-2-1-3-5-13/h1-7,10,14H,8-9,11-12H2,(H,20,23)(H,21,24). The molecule has 1 saturated heterocycles. The van der Waals surface area contributed by atoms with Gasteiger partial charge in [0.2, 0.25) is 21.8 Å². The summed E-state index contributed by atoms with van der Waals surface area (Å²) in [6.45, 7) is 0.870. The lowest BCUT2D eigenvalue weighted by atomic mass is 9.99. The third-order valence-corrected chi connectivity index (χ3v) is 6.78. The second-order valence-corrected chi connectivity index (χ2v) is 8.68. The quantitative estimate of drug-likeness (QED) is 0.792. The third kappa shape index (κ3) is 3.45. The number of nitrogens with one attached hydrogen (secondary N) is 2. The van der Waals surface area contributed by atoms with Crippen LogP contribution in [0.15, 0.2) is 53.4 Å². The molecule has 140 valence electrons. The summed E-state index contributed by atoms with van der Waals surface area (Å²) < 4.78 is 27.6. The van der Waals surface area contributed by atoms with Gasteiger partial charge in [-0.15, -0.1) is 0 Å². The molecule has 2 amide bonds. The van der Waals surface area contributed by atoms with Gasteiger partial charge in [0.1, 0.15) is 6.42 Å². The van der Waals surface area contributed by atoms with E-state index in [1.165, 1.54) is 22.5 Å². The molecule has 4 rings (SSSR count). The van der Waals surface area contributed by atoms with E-state index in [1.54, 1.807) is 0 Å². The third-order valence-electron chi connectivity index (χ3n) is 4.92. The maximum atomic E-state index is 13.1. The lowest BCUT2D eigenvalue weighted by Crippen LogP contribution is -2.28. The number of fused-ring (bicyclic) bond motifs is 1. The second kappa shape index (κ2) is 6.79. The molecule has 2 aromatic rings. The molecule has 2 aromatic carbocycles. The maximum absolute atomic E-state index is 13.1. The van der Waals surface area contributed by atoms with E-state index in [-0.39, 0.29) is 17.2 Å². The highest BCUT2D eigenvalue weighted by Crippen LogP contribution is 2.33. The van der Waals surface area contributed by atoms with Crippen LogP contribution in [-0.2, 0) is 19.6 Å². The number of carbonyl (C=O) groups is 2. The lowest BCUT2D eigenvalue weighted by Gasteiger charge is -2.18. The topological polar surface area (TPSA) is 95.6 Å². The van der Waals surface area contributed by atoms with Crippen molar-refractivity contribution < 1.29 is 18.0 Å². The van der Waals surface area contributed by atoms with Crippen LogP contribution in [-0.4, -0.2) is 37.6 Å². The van der Waals surface area contributed by atoms with E-state index in [0.717, 1.165) is 12.0 Å². The molecule has 1 unspecified atom stereocenters. The summed E-state index contributed by atoms with van der Waals surface area (Å²) in [4.78, 5) is 23.5. The summed E-state index contributed by atoms with van der Waals surface area (Å²) in [6, 6.07) is 14.3. The molecule has 0 aliphatic carbocycles. The molecule has 2 heterocycles. The molecule has 1 atom stereocenters. The SMILES string of the molecule is O=C1CC(=O)Nc2cc(S(=O)(=O)N3CCC(c4ccccc4)C3)ccc2N1. The van der Waals surface area contributed by atoms with E-state index in [2.05, 4.69) is 10.6 Å². The predicted molar refractivity (Wildman–Crippen MR) is 101 cm³/mol. The summed E-state index contributed by atoms with van der Waals surface area (Å²) >= 11 is 0. The number of amides is 2. The van der Waals surface area contributed by atoms with Crippen molar-refractivity contribution in [2.24, 2.45) is 0 Å². The molecule has 0 spiro atoms. The second-order valence-electron chi connectivity index (χ2n) is 6.74. The van der Waals surface area contributed by atoms with Crippen molar-refractivity contribution in [3.63, 3.8) is 0 Å². The molecule has 7 nitrogen and oxygen atoms in total. The van der Waals surface area contributed by atoms with E-state index in [0.29, 0.717) is 24.5 Å². The first-order valence-corrected chi connectivity index (χ1v) is 10.2. The van der Waals surface area contributed by atoms with Crippen molar-refractivity contribution in [1.29, 1.82) is 0 Å². The van der Waals surface area contributed by atoms with Gasteiger partial charge < -0.3 is 10.6 Å². The van der Waals surface area contributed by atoms with Gasteiger partial charge in [-0.2, -0.15) is 4.31 Å². The van der Waals surface area contributed by atoms with Crippen LogP contribution < -0.4 is 10.6 Å². The van der Waals surface area contributed by atoms with Crippen molar-refractivity contribution in [2.45, 2.75) is 23.7 Å². The van der Waals surface area contributed by atoms with Crippen molar-refractivity contribution in [3.05, 3.63) is 54.1 Å². The average Bonchev–Trinajstić information content (AvgIpc) is 3.09. The van der Waals surface area contributed by atoms with E-state index >= 15 is 0 Å². The summed E-state index contributed by atoms with van der Waals surface area (Å²) in [5, 5.41) is 5.18. The molecule has 27 heavy (non-hydrogen) atoms. The van der Waals surface area contributed by atoms with E-state index in [9.17, 15) is 18.0 Å². The van der Waals surface area contributed by atoms with Crippen LogP contribution >= 0.6 is 0 Å². The fourth-order valence-electron chi connectivity index (χ4n) is 3.52. The number of hydrogen-bond donors (Lipinski definition) is 2. The van der Waals surface area contributed by atoms with Gasteiger partial charge >= 0.3 is 0 Å². The predicted octanol–water partition coefficient (Wildman–Crippen LogP) is 2.15. The Morgan fingerprint density at radius 1 is 0.926 bits per heavy atom. The molecular formula is C19H19N3O4S. The Bertz CT molecular complexity index is 1000. The van der Waals surface area contributed by atoms with Gasteiger partial charge in [-0.05, 0) is 36.1 Å². The smallest absolute Gasteiger partial charge is 0.243 e. The van der Waals surface area contributed by atoms with Crippen LogP contribution in [0.1, 0.15) is 24.3 Å². The largest absolute Gasteiger partial charge is 0.324 e. The van der Waals surface area contributed by atoms with Gasteiger partial charge in [0, 0.05) is 13.1 Å². The lowest BCUT2D eigenvalue weighted by molar-refractivity contribution is -0.123. The number of sulfonamides is 1. The number of nitrogens with zero attached hydrogens (tertiary/aromatic N) is 1. The van der Waals surface area contributed by atoms with Gasteiger partial charge in [-0.1, -0.05) is 30.3 Å². The Morgan fingerprint density at radius 3 is 2.37 bits per heavy atom. The molecule has 2 N–H and O–H groups in total. The van der Waals surface area contributed by atoms with Crippen LogP contribution in [0.2, 0.25) is 0 Å². The van der Waals surface area contributed by atoms with E-state index < -0.39 is 21.8 Å². The van der Waals surface area contributed by atoms with E-state index in [1.807, 2.05) is 30.3 Å². The van der Waals surface area contributed by atoms with Crippen molar-refractivity contribution >= 4 is 33.2 Å². The zero-order valence-corrected chi connectivity index (χ0v) is 15.3. The Kier molecular flexibility index (Phi) is 4.45. The first-order chi connectivity index (χ1) is 12.9. The van der Waals surface area contributed by atoms with Gasteiger partial charge in [0.15, 0.2) is 0 Å². The summed E-state index contributed by atoms with van der Waals surface area (Å²) in [7, 11) is -3.69. The number of hydrogen-bond acceptors (Lipinski definition) is 4. The number of rotatable bonds is 3. The van der Waals surface area contributed by atoms with Crippen molar-refractivity contribution in [2.75, 3.05) is 23.7 Å². The van der Waals surface area contributed by atoms with Crippen molar-refractivity contribution in [3.8, 4) is 0 Å².